The third kappa shape index (κ3) is 5.43. The molecule has 0 bridgehead atoms. The third-order valence-corrected chi connectivity index (χ3v) is 17.3. The quantitative estimate of drug-likeness (QED) is 0.112. The summed E-state index contributed by atoms with van der Waals surface area (Å²) in [5, 5.41) is -1.29. The van der Waals surface area contributed by atoms with Crippen LogP contribution in [0.15, 0.2) is 242 Å². The van der Waals surface area contributed by atoms with Gasteiger partial charge in [-0.3, -0.25) is 0 Å². The molecule has 0 amide bonds. The van der Waals surface area contributed by atoms with Crippen molar-refractivity contribution in [3.63, 3.8) is 0 Å². The molecule has 0 unspecified atom stereocenters. The van der Waals surface area contributed by atoms with Gasteiger partial charge in [0, 0.05) is 42.7 Å². The Hall–Kier alpha value is -7.76. The Morgan fingerprint density at radius 2 is 0.969 bits per heavy atom. The summed E-state index contributed by atoms with van der Waals surface area (Å²) in [6, 6.07) is 4.45. The fourth-order valence-corrected chi connectivity index (χ4v) is 14.6. The molecule has 10 aromatic carbocycles. The van der Waals surface area contributed by atoms with Gasteiger partial charge in [0.1, 0.15) is 0 Å². The van der Waals surface area contributed by atoms with Crippen molar-refractivity contribution >= 4 is 104 Å². The molecule has 2 nitrogen and oxygen atoms in total. The Morgan fingerprint density at radius 1 is 0.406 bits per heavy atom. The molecule has 0 spiro atoms. The lowest BCUT2D eigenvalue weighted by Crippen LogP contribution is -2.74. The average Bonchev–Trinajstić information content (AvgIpc) is 1.47. The second-order valence-electron chi connectivity index (χ2n) is 14.8. The van der Waals surface area contributed by atoms with Gasteiger partial charge in [-0.2, -0.15) is 0 Å². The first kappa shape index (κ1) is 19.3. The first-order valence-corrected chi connectivity index (χ1v) is 22.7. The van der Waals surface area contributed by atoms with Crippen LogP contribution in [0.2, 0.25) is 0 Å². The first-order chi connectivity index (χ1) is 42.6. The number of hydrogen-bond acceptors (Lipinski definition) is 1. The summed E-state index contributed by atoms with van der Waals surface area (Å²) >= 11 is 0.645. The van der Waals surface area contributed by atoms with Crippen molar-refractivity contribution in [3.8, 4) is 22.5 Å². The zero-order chi connectivity index (χ0) is 64.8. The summed E-state index contributed by atoms with van der Waals surface area (Å²) < 4.78 is 245. The maximum absolute atomic E-state index is 10.9. The molecule has 0 saturated carbocycles. The van der Waals surface area contributed by atoms with Crippen LogP contribution in [0.1, 0.15) is 35.6 Å². The number of thiophene rings is 1. The van der Waals surface area contributed by atoms with Crippen molar-refractivity contribution in [1.82, 2.24) is 9.13 Å². The summed E-state index contributed by atoms with van der Waals surface area (Å²) in [6.07, 6.45) is 0. The fraction of sp³-hybridized carbons (Fsp3) is 0. The van der Waals surface area contributed by atoms with Gasteiger partial charge in [0.05, 0.1) is 68.1 Å². The highest BCUT2D eigenvalue weighted by Gasteiger charge is 2.42. The molecular weight excluding hydrogens is 809 g/mol. The number of para-hydroxylation sites is 3. The number of rotatable bonds is 7. The zero-order valence-corrected chi connectivity index (χ0v) is 34.7. The summed E-state index contributed by atoms with van der Waals surface area (Å²) in [4.78, 5) is 0. The summed E-state index contributed by atoms with van der Waals surface area (Å²) in [5.74, 6) is 0. The number of aromatic nitrogens is 2. The molecule has 64 heavy (non-hydrogen) atoms. The highest BCUT2D eigenvalue weighted by molar-refractivity contribution is 7.26. The number of hydrogen-bond donors (Lipinski definition) is 0. The monoisotopic (exact) mass is 874 g/mol. The van der Waals surface area contributed by atoms with Crippen molar-refractivity contribution in [1.29, 1.82) is 0 Å². The van der Waals surface area contributed by atoms with E-state index < -0.39 is 215 Å². The molecule has 0 fully saturated rings. The SMILES string of the molecule is [2H]c1c([2H])c([2H])c(-c2cccc([Si](c3ccccc3)(c3ccccc3)c3c([2H])c([2H])c([2H])c(-n4c5c([2H])c([2H])c([2H])c([2H])c5c5c([2H])c(-n6c7c([2H])c([2H])c([2H])c([2H])c7c7c([2H])c([2H])c([2H])c([2H])c76)c6sc7c([2H])c([2H])c([2H])c([2H])c7c6c54)c3[2H])c2)c([2H])c1[2H]. The Bertz CT molecular complexity index is 5310. The normalized spacial score (nSPS) is 17.8. The number of fused-ring (bicyclic) bond motifs is 10. The maximum atomic E-state index is 10.9. The van der Waals surface area contributed by atoms with Gasteiger partial charge < -0.3 is 9.13 Å². The third-order valence-electron chi connectivity index (χ3n) is 11.6. The second kappa shape index (κ2) is 14.7. The van der Waals surface area contributed by atoms with Gasteiger partial charge in [-0.15, -0.1) is 11.3 Å². The van der Waals surface area contributed by atoms with Gasteiger partial charge in [0.15, 0.2) is 8.07 Å². The van der Waals surface area contributed by atoms with E-state index in [1.807, 2.05) is 0 Å². The summed E-state index contributed by atoms with van der Waals surface area (Å²) in [6.45, 7) is 0. The second-order valence-corrected chi connectivity index (χ2v) is 19.6. The van der Waals surface area contributed by atoms with Crippen molar-refractivity contribution in [2.45, 2.75) is 0 Å². The van der Waals surface area contributed by atoms with Crippen molar-refractivity contribution < 1.29 is 35.6 Å². The lowest BCUT2D eigenvalue weighted by molar-refractivity contribution is 1.18. The van der Waals surface area contributed by atoms with Gasteiger partial charge in [0.25, 0.3) is 0 Å². The Labute approximate surface area is 412 Å². The summed E-state index contributed by atoms with van der Waals surface area (Å²) in [5.41, 5.74) is -2.99. The van der Waals surface area contributed by atoms with Crippen LogP contribution in [0, 0.1) is 0 Å². The molecule has 0 saturated heterocycles. The van der Waals surface area contributed by atoms with E-state index in [9.17, 15) is 20.6 Å². The first-order valence-electron chi connectivity index (χ1n) is 32.9. The predicted molar refractivity (Wildman–Crippen MR) is 277 cm³/mol. The van der Waals surface area contributed by atoms with E-state index in [0.717, 1.165) is 9.13 Å². The van der Waals surface area contributed by atoms with Gasteiger partial charge in [-0.25, -0.2) is 0 Å². The summed E-state index contributed by atoms with van der Waals surface area (Å²) in [7, 11) is -4.52. The van der Waals surface area contributed by atoms with Crippen molar-refractivity contribution in [3.05, 3.63) is 242 Å². The smallest absolute Gasteiger partial charge is 0.179 e. The number of nitrogens with zero attached hydrogens (tertiary/aromatic N) is 2. The molecule has 0 radical (unpaired) electrons. The Balaban J connectivity index is 1.31. The van der Waals surface area contributed by atoms with E-state index in [1.54, 1.807) is 78.9 Å². The van der Waals surface area contributed by atoms with Crippen molar-refractivity contribution in [2.75, 3.05) is 0 Å². The topological polar surface area (TPSA) is 9.86 Å². The molecule has 4 heteroatoms. The van der Waals surface area contributed by atoms with Gasteiger partial charge in [-0.05, 0) is 74.2 Å². The lowest BCUT2D eigenvalue weighted by atomic mass is 10.1. The molecule has 0 N–H and O–H groups in total. The average molecular weight is 875 g/mol. The number of benzene rings is 10. The molecule has 3 aromatic heterocycles. The standard InChI is InChI=1S/C60H40N2SSi/c1-4-20-41(21-5-1)42-22-18-28-46(38-42)64(44-24-6-2-7-25-44,45-26-8-3-9-27-45)47-29-19-23-43(39-47)61-53-34-14-12-32-50(53)52-40-56(60-58(59(52)61)51-33-13-17-37-57(51)63-60)62-54-35-15-10-30-48(54)49-31-11-16-36-55(49)62/h1-40H/i1D,4D,5D,10D,11D,12D,13D,14D,15D,16D,17D,19D,20D,21D,23D,29D,30D,31D,32D,33D,34D,35D,36D,37D,39D,40D. The van der Waals surface area contributed by atoms with Crippen LogP contribution in [0.25, 0.3) is 86.3 Å². The van der Waals surface area contributed by atoms with Crippen LogP contribution in [0.5, 0.6) is 0 Å². The van der Waals surface area contributed by atoms with E-state index in [4.69, 9.17) is 15.1 Å². The maximum Gasteiger partial charge on any atom is 0.179 e. The largest absolute Gasteiger partial charge is 0.309 e. The van der Waals surface area contributed by atoms with E-state index in [-0.39, 0.29) is 42.0 Å². The molecule has 13 aromatic rings. The Kier molecular flexibility index (Phi) is 4.43. The molecule has 0 atom stereocenters. The van der Waals surface area contributed by atoms with Crippen LogP contribution >= 0.6 is 11.3 Å². The molecule has 0 aliphatic heterocycles. The van der Waals surface area contributed by atoms with Crippen LogP contribution < -0.4 is 20.7 Å². The zero-order valence-electron chi connectivity index (χ0n) is 58.9. The van der Waals surface area contributed by atoms with Crippen LogP contribution in [-0.4, -0.2) is 17.2 Å². The lowest BCUT2D eigenvalue weighted by Gasteiger charge is -2.35. The van der Waals surface area contributed by atoms with E-state index in [2.05, 4.69) is 0 Å². The van der Waals surface area contributed by atoms with Crippen molar-refractivity contribution in [2.24, 2.45) is 0 Å². The molecule has 13 rings (SSSR count). The molecular formula is C60H40N2SSi. The van der Waals surface area contributed by atoms with Crippen LogP contribution in [0.3, 0.4) is 0 Å². The van der Waals surface area contributed by atoms with Gasteiger partial charge >= 0.3 is 0 Å². The van der Waals surface area contributed by atoms with E-state index in [1.165, 1.54) is 6.07 Å². The minimum absolute atomic E-state index is 0.137. The predicted octanol–water partition coefficient (Wildman–Crippen LogP) is 13.3. The minimum Gasteiger partial charge on any atom is -0.309 e. The molecule has 3 heterocycles. The molecule has 0 aliphatic rings. The van der Waals surface area contributed by atoms with Gasteiger partial charge in [-0.1, -0.05) is 200 Å². The Morgan fingerprint density at radius 3 is 1.64 bits per heavy atom. The molecule has 0 aliphatic carbocycles. The van der Waals surface area contributed by atoms with Gasteiger partial charge in [0.2, 0.25) is 0 Å². The van der Waals surface area contributed by atoms with E-state index in [0.29, 0.717) is 26.9 Å². The highest BCUT2D eigenvalue weighted by Crippen LogP contribution is 2.47. The molecule has 300 valence electrons. The highest BCUT2D eigenvalue weighted by atomic mass is 32.1. The van der Waals surface area contributed by atoms with Crippen LogP contribution in [0.4, 0.5) is 0 Å². The fourth-order valence-electron chi connectivity index (χ4n) is 9.01. The minimum atomic E-state index is -4.52. The van der Waals surface area contributed by atoms with Crippen LogP contribution in [-0.2, 0) is 0 Å². The van der Waals surface area contributed by atoms with E-state index >= 15 is 0 Å².